The van der Waals surface area contributed by atoms with Crippen LogP contribution in [-0.4, -0.2) is 22.3 Å². The van der Waals surface area contributed by atoms with E-state index in [0.717, 1.165) is 57.8 Å². The van der Waals surface area contributed by atoms with Gasteiger partial charge in [0, 0.05) is 6.42 Å². The van der Waals surface area contributed by atoms with E-state index in [1.165, 1.54) is 6.42 Å². The lowest BCUT2D eigenvalue weighted by Crippen LogP contribution is -2.05. The van der Waals surface area contributed by atoms with E-state index in [-0.39, 0.29) is 12.5 Å². The summed E-state index contributed by atoms with van der Waals surface area (Å²) in [5.74, 6) is -0.716. The summed E-state index contributed by atoms with van der Waals surface area (Å²) in [5.41, 5.74) is 0. The third-order valence-electron chi connectivity index (χ3n) is 3.41. The van der Waals surface area contributed by atoms with Crippen LogP contribution in [0.15, 0.2) is 24.3 Å². The monoisotopic (exact) mass is 296 g/mol. The number of hydrogen-bond acceptors (Lipinski definition) is 2. The fraction of sp³-hybridized carbons (Fsp3) is 0.722. The van der Waals surface area contributed by atoms with E-state index in [1.54, 1.807) is 0 Å². The molecule has 0 rings (SSSR count). The first-order chi connectivity index (χ1) is 10.2. The molecule has 0 heterocycles. The highest BCUT2D eigenvalue weighted by molar-refractivity contribution is 5.66. The molecule has 1 atom stereocenters. The van der Waals surface area contributed by atoms with Crippen LogP contribution in [0, 0.1) is 0 Å². The number of aliphatic hydroxyl groups excluding tert-OH is 1. The standard InChI is InChI=1S/C18H32O3/c1-2-3-4-5-6-7-8-11-14-17(19)15-12-9-10-13-16-18(20)21/h4-5,7-8,17,19H,2-3,6,9-16H2,1H3,(H,20,21)/b5-4-,8-7-. The normalized spacial score (nSPS) is 13.2. The van der Waals surface area contributed by atoms with Crippen molar-refractivity contribution in [3.63, 3.8) is 0 Å². The Bertz CT molecular complexity index is 295. The van der Waals surface area contributed by atoms with Crippen molar-refractivity contribution in [2.45, 2.75) is 83.7 Å². The number of carboxylic acids is 1. The molecule has 0 radical (unpaired) electrons. The van der Waals surface area contributed by atoms with Crippen LogP contribution in [-0.2, 0) is 4.79 Å². The highest BCUT2D eigenvalue weighted by atomic mass is 16.4. The average Bonchev–Trinajstić information content (AvgIpc) is 2.45. The second-order valence-corrected chi connectivity index (χ2v) is 5.54. The van der Waals surface area contributed by atoms with Gasteiger partial charge in [0.25, 0.3) is 0 Å². The predicted octanol–water partition coefficient (Wildman–Crippen LogP) is 4.86. The lowest BCUT2D eigenvalue weighted by atomic mass is 10.0. The summed E-state index contributed by atoms with van der Waals surface area (Å²) in [7, 11) is 0. The van der Waals surface area contributed by atoms with E-state index in [0.29, 0.717) is 0 Å². The van der Waals surface area contributed by atoms with E-state index >= 15 is 0 Å². The van der Waals surface area contributed by atoms with E-state index < -0.39 is 5.97 Å². The summed E-state index contributed by atoms with van der Waals surface area (Å²) in [4.78, 5) is 10.3. The Kier molecular flexibility index (Phi) is 14.5. The molecule has 0 aromatic rings. The smallest absolute Gasteiger partial charge is 0.303 e. The number of carboxylic acid groups (broad SMARTS) is 1. The topological polar surface area (TPSA) is 57.5 Å². The van der Waals surface area contributed by atoms with Gasteiger partial charge in [-0.15, -0.1) is 0 Å². The fourth-order valence-electron chi connectivity index (χ4n) is 2.12. The van der Waals surface area contributed by atoms with Crippen LogP contribution in [0.5, 0.6) is 0 Å². The van der Waals surface area contributed by atoms with Gasteiger partial charge in [-0.3, -0.25) is 4.79 Å². The van der Waals surface area contributed by atoms with Crippen LogP contribution in [0.25, 0.3) is 0 Å². The minimum Gasteiger partial charge on any atom is -0.481 e. The number of aliphatic carboxylic acids is 1. The zero-order chi connectivity index (χ0) is 15.8. The first-order valence-electron chi connectivity index (χ1n) is 8.36. The number of carbonyl (C=O) groups is 1. The maximum atomic E-state index is 10.3. The quantitative estimate of drug-likeness (QED) is 0.355. The zero-order valence-corrected chi connectivity index (χ0v) is 13.5. The molecule has 0 aromatic heterocycles. The molecule has 0 bridgehead atoms. The van der Waals surface area contributed by atoms with Gasteiger partial charge < -0.3 is 10.2 Å². The third kappa shape index (κ3) is 16.9. The van der Waals surface area contributed by atoms with Crippen molar-refractivity contribution < 1.29 is 15.0 Å². The number of rotatable bonds is 14. The van der Waals surface area contributed by atoms with Gasteiger partial charge in [0.15, 0.2) is 0 Å². The van der Waals surface area contributed by atoms with Crippen molar-refractivity contribution in [1.29, 1.82) is 0 Å². The zero-order valence-electron chi connectivity index (χ0n) is 13.5. The lowest BCUT2D eigenvalue weighted by Gasteiger charge is -2.08. The van der Waals surface area contributed by atoms with Crippen LogP contribution < -0.4 is 0 Å². The Hall–Kier alpha value is -1.09. The van der Waals surface area contributed by atoms with Gasteiger partial charge in [0.05, 0.1) is 6.10 Å². The predicted molar refractivity (Wildman–Crippen MR) is 88.4 cm³/mol. The Morgan fingerprint density at radius 3 is 2.29 bits per heavy atom. The Labute approximate surface area is 129 Å². The lowest BCUT2D eigenvalue weighted by molar-refractivity contribution is -0.137. The molecule has 0 aliphatic heterocycles. The number of allylic oxidation sites excluding steroid dienone is 4. The maximum absolute atomic E-state index is 10.3. The van der Waals surface area contributed by atoms with Crippen molar-refractivity contribution in [3.05, 3.63) is 24.3 Å². The summed E-state index contributed by atoms with van der Waals surface area (Å²) < 4.78 is 0. The van der Waals surface area contributed by atoms with Crippen LogP contribution in [0.4, 0.5) is 0 Å². The molecule has 0 saturated heterocycles. The molecule has 0 saturated carbocycles. The Balaban J connectivity index is 3.35. The summed E-state index contributed by atoms with van der Waals surface area (Å²) in [6.07, 6.45) is 18.4. The van der Waals surface area contributed by atoms with Crippen molar-refractivity contribution in [2.75, 3.05) is 0 Å². The maximum Gasteiger partial charge on any atom is 0.303 e. The van der Waals surface area contributed by atoms with E-state index in [4.69, 9.17) is 5.11 Å². The van der Waals surface area contributed by atoms with E-state index in [9.17, 15) is 9.90 Å². The molecule has 0 aliphatic rings. The van der Waals surface area contributed by atoms with Crippen LogP contribution in [0.2, 0.25) is 0 Å². The van der Waals surface area contributed by atoms with Gasteiger partial charge >= 0.3 is 5.97 Å². The first-order valence-corrected chi connectivity index (χ1v) is 8.36. The highest BCUT2D eigenvalue weighted by Gasteiger charge is 2.02. The minimum absolute atomic E-state index is 0.218. The molecule has 21 heavy (non-hydrogen) atoms. The second-order valence-electron chi connectivity index (χ2n) is 5.54. The minimum atomic E-state index is -0.716. The molecule has 0 amide bonds. The molecule has 0 aromatic carbocycles. The summed E-state index contributed by atoms with van der Waals surface area (Å²) in [5, 5.41) is 18.3. The van der Waals surface area contributed by atoms with Crippen LogP contribution >= 0.6 is 0 Å². The van der Waals surface area contributed by atoms with Crippen LogP contribution in [0.3, 0.4) is 0 Å². The summed E-state index contributed by atoms with van der Waals surface area (Å²) in [6.45, 7) is 2.17. The Morgan fingerprint density at radius 1 is 0.952 bits per heavy atom. The number of unbranched alkanes of at least 4 members (excludes halogenated alkanes) is 4. The van der Waals surface area contributed by atoms with Crippen LogP contribution in [0.1, 0.15) is 77.6 Å². The molecule has 0 spiro atoms. The average molecular weight is 296 g/mol. The fourth-order valence-corrected chi connectivity index (χ4v) is 2.12. The molecule has 0 aliphatic carbocycles. The Morgan fingerprint density at radius 2 is 1.62 bits per heavy atom. The van der Waals surface area contributed by atoms with Gasteiger partial charge in [-0.2, -0.15) is 0 Å². The SMILES string of the molecule is CCC/C=C\C/C=C\CCC(O)CCCCCCC(=O)O. The molecular weight excluding hydrogens is 264 g/mol. The van der Waals surface area contributed by atoms with Gasteiger partial charge in [0.1, 0.15) is 0 Å². The van der Waals surface area contributed by atoms with Gasteiger partial charge in [-0.1, -0.05) is 56.9 Å². The molecule has 122 valence electrons. The van der Waals surface area contributed by atoms with Crippen molar-refractivity contribution in [1.82, 2.24) is 0 Å². The van der Waals surface area contributed by atoms with Gasteiger partial charge in [-0.05, 0) is 38.5 Å². The number of hydrogen-bond donors (Lipinski definition) is 2. The second kappa shape index (κ2) is 15.3. The van der Waals surface area contributed by atoms with Crippen molar-refractivity contribution in [3.8, 4) is 0 Å². The van der Waals surface area contributed by atoms with Gasteiger partial charge in [0.2, 0.25) is 0 Å². The van der Waals surface area contributed by atoms with Crippen molar-refractivity contribution >= 4 is 5.97 Å². The molecule has 3 nitrogen and oxygen atoms in total. The summed E-state index contributed by atoms with van der Waals surface area (Å²) >= 11 is 0. The third-order valence-corrected chi connectivity index (χ3v) is 3.41. The first kappa shape index (κ1) is 19.9. The number of aliphatic hydroxyl groups is 1. The highest BCUT2D eigenvalue weighted by Crippen LogP contribution is 2.11. The summed E-state index contributed by atoms with van der Waals surface area (Å²) in [6, 6.07) is 0. The molecular formula is C18H32O3. The van der Waals surface area contributed by atoms with Crippen molar-refractivity contribution in [2.24, 2.45) is 0 Å². The molecule has 3 heteroatoms. The molecule has 2 N–H and O–H groups in total. The van der Waals surface area contributed by atoms with E-state index in [2.05, 4.69) is 31.2 Å². The van der Waals surface area contributed by atoms with Gasteiger partial charge in [-0.25, -0.2) is 0 Å². The molecule has 0 fully saturated rings. The van der Waals surface area contributed by atoms with E-state index in [1.807, 2.05) is 0 Å². The largest absolute Gasteiger partial charge is 0.481 e. The molecule has 1 unspecified atom stereocenters.